The fourth-order valence-corrected chi connectivity index (χ4v) is 2.56. The highest BCUT2D eigenvalue weighted by Gasteiger charge is 2.20. The maximum Gasteiger partial charge on any atom is 0.269 e. The minimum absolute atomic E-state index is 0.246. The van der Waals surface area contributed by atoms with Crippen LogP contribution in [0.3, 0.4) is 0 Å². The molecule has 2 aromatic heterocycles. The molecule has 0 radical (unpaired) electrons. The molecule has 2 heterocycles. The van der Waals surface area contributed by atoms with Crippen molar-refractivity contribution in [3.8, 4) is 0 Å². The van der Waals surface area contributed by atoms with E-state index >= 15 is 0 Å². The summed E-state index contributed by atoms with van der Waals surface area (Å²) in [5.74, 6) is 4.74. The van der Waals surface area contributed by atoms with Crippen LogP contribution in [-0.4, -0.2) is 47.3 Å². The average molecular weight is 399 g/mol. The van der Waals surface area contributed by atoms with E-state index in [2.05, 4.69) is 31.3 Å². The number of hydrogen-bond donors (Lipinski definition) is 5. The van der Waals surface area contributed by atoms with Crippen LogP contribution in [0.1, 0.15) is 40.1 Å². The van der Waals surface area contributed by atoms with Gasteiger partial charge in [-0.05, 0) is 43.5 Å². The topological polar surface area (TPSA) is 151 Å². The summed E-state index contributed by atoms with van der Waals surface area (Å²) in [4.78, 5) is 44.3. The predicted octanol–water partition coefficient (Wildman–Crippen LogP) is 0.207. The van der Waals surface area contributed by atoms with Crippen molar-refractivity contribution in [1.82, 2.24) is 25.9 Å². The van der Waals surface area contributed by atoms with Crippen LogP contribution in [0.4, 0.5) is 5.82 Å². The molecule has 3 amide bonds. The quantitative estimate of drug-likeness (QED) is 0.218. The smallest absolute Gasteiger partial charge is 0.269 e. The van der Waals surface area contributed by atoms with Gasteiger partial charge in [-0.1, -0.05) is 6.07 Å². The summed E-state index contributed by atoms with van der Waals surface area (Å²) < 4.78 is 0. The number of rotatable bonds is 10. The first-order valence-electron chi connectivity index (χ1n) is 9.19. The van der Waals surface area contributed by atoms with Crippen LogP contribution in [0.15, 0.2) is 42.7 Å². The fourth-order valence-electron chi connectivity index (χ4n) is 2.56. The number of hydrazine groups is 1. The molecule has 0 bridgehead atoms. The number of hydrogen-bond acceptors (Lipinski definition) is 7. The van der Waals surface area contributed by atoms with Gasteiger partial charge in [0.2, 0.25) is 5.91 Å². The summed E-state index contributed by atoms with van der Waals surface area (Å²) in [7, 11) is 1.51. The Kier molecular flexibility index (Phi) is 8.51. The molecule has 0 aliphatic rings. The molecule has 0 aromatic carbocycles. The molecule has 0 saturated heterocycles. The average Bonchev–Trinajstić information content (AvgIpc) is 2.77. The molecule has 0 aliphatic heterocycles. The molecule has 1 atom stereocenters. The number of unbranched alkanes of at least 4 members (excludes halogenated alkanes) is 1. The molecule has 0 aliphatic carbocycles. The largest absolute Gasteiger partial charge is 0.357 e. The zero-order chi connectivity index (χ0) is 21.1. The van der Waals surface area contributed by atoms with Gasteiger partial charge in [0.25, 0.3) is 11.8 Å². The van der Waals surface area contributed by atoms with E-state index in [-0.39, 0.29) is 11.8 Å². The van der Waals surface area contributed by atoms with Crippen LogP contribution in [0.5, 0.6) is 0 Å². The van der Waals surface area contributed by atoms with Gasteiger partial charge in [-0.2, -0.15) is 0 Å². The lowest BCUT2D eigenvalue weighted by Gasteiger charge is -2.17. The second-order valence-corrected chi connectivity index (χ2v) is 6.18. The molecule has 10 nitrogen and oxygen atoms in total. The first kappa shape index (κ1) is 21.8. The Morgan fingerprint density at radius 1 is 1.07 bits per heavy atom. The maximum absolute atomic E-state index is 12.4. The Balaban J connectivity index is 1.80. The summed E-state index contributed by atoms with van der Waals surface area (Å²) in [5, 5.41) is 8.03. The van der Waals surface area contributed by atoms with Crippen molar-refractivity contribution < 1.29 is 14.4 Å². The van der Waals surface area contributed by atoms with Gasteiger partial charge in [0, 0.05) is 26.0 Å². The van der Waals surface area contributed by atoms with Crippen molar-refractivity contribution >= 4 is 23.5 Å². The molecule has 2 aromatic rings. The minimum Gasteiger partial charge on any atom is -0.357 e. The van der Waals surface area contributed by atoms with Crippen molar-refractivity contribution in [2.24, 2.45) is 5.84 Å². The number of carbonyl (C=O) groups is 3. The van der Waals surface area contributed by atoms with Gasteiger partial charge in [-0.15, -0.1) is 0 Å². The zero-order valence-electron chi connectivity index (χ0n) is 16.1. The van der Waals surface area contributed by atoms with Gasteiger partial charge in [-0.25, -0.2) is 10.8 Å². The van der Waals surface area contributed by atoms with Gasteiger partial charge in [0.05, 0.1) is 5.56 Å². The van der Waals surface area contributed by atoms with Crippen molar-refractivity contribution in [2.75, 3.05) is 19.0 Å². The summed E-state index contributed by atoms with van der Waals surface area (Å²) >= 11 is 0. The number of nitrogens with two attached hydrogens (primary N) is 1. The first-order valence-corrected chi connectivity index (χ1v) is 9.19. The fraction of sp³-hybridized carbons (Fsp3) is 0.316. The summed E-state index contributed by atoms with van der Waals surface area (Å²) in [6.07, 6.45) is 4.65. The number of nitrogens with zero attached hydrogens (tertiary/aromatic N) is 2. The van der Waals surface area contributed by atoms with Gasteiger partial charge in [-0.3, -0.25) is 19.4 Å². The highest BCUT2D eigenvalue weighted by molar-refractivity contribution is 5.97. The highest BCUT2D eigenvalue weighted by atomic mass is 16.2. The van der Waals surface area contributed by atoms with Gasteiger partial charge < -0.3 is 21.4 Å². The van der Waals surface area contributed by atoms with E-state index in [9.17, 15) is 14.4 Å². The molecule has 6 N–H and O–H groups in total. The number of amides is 3. The number of carbonyl (C=O) groups excluding carboxylic acids is 3. The van der Waals surface area contributed by atoms with E-state index in [1.165, 1.54) is 13.2 Å². The van der Waals surface area contributed by atoms with Gasteiger partial charge >= 0.3 is 0 Å². The molecular formula is C19H25N7O3. The van der Waals surface area contributed by atoms with Crippen LogP contribution in [-0.2, 0) is 4.79 Å². The lowest BCUT2D eigenvalue weighted by atomic mass is 10.1. The predicted molar refractivity (Wildman–Crippen MR) is 108 cm³/mol. The Morgan fingerprint density at radius 3 is 2.52 bits per heavy atom. The number of pyridine rings is 2. The zero-order valence-corrected chi connectivity index (χ0v) is 16.1. The van der Waals surface area contributed by atoms with E-state index < -0.39 is 11.9 Å². The third-order valence-corrected chi connectivity index (χ3v) is 4.14. The number of nitrogens with one attached hydrogen (secondary N) is 4. The maximum atomic E-state index is 12.4. The molecule has 10 heteroatoms. The first-order chi connectivity index (χ1) is 14.0. The van der Waals surface area contributed by atoms with E-state index in [0.29, 0.717) is 42.9 Å². The molecule has 0 fully saturated rings. The monoisotopic (exact) mass is 399 g/mol. The SMILES string of the molecule is CNC(=O)C(CCCCNC(=O)c1ccccn1)NC(=O)c1ccc(NN)nc1. The van der Waals surface area contributed by atoms with Crippen molar-refractivity contribution in [2.45, 2.75) is 25.3 Å². The van der Waals surface area contributed by atoms with Crippen LogP contribution in [0.25, 0.3) is 0 Å². The van der Waals surface area contributed by atoms with Crippen molar-refractivity contribution in [3.05, 3.63) is 54.0 Å². The molecule has 0 spiro atoms. The van der Waals surface area contributed by atoms with Crippen LogP contribution in [0, 0.1) is 0 Å². The van der Waals surface area contributed by atoms with E-state index in [0.717, 1.165) is 0 Å². The standard InChI is InChI=1S/C19H25N7O3/c1-21-18(28)15(25-17(27)13-8-9-16(26-20)24-12-13)7-3-5-11-23-19(29)14-6-2-4-10-22-14/h2,4,6,8-10,12,15H,3,5,7,11,20H2,1H3,(H,21,28)(H,23,29)(H,24,26)(H,25,27). The number of nitrogen functional groups attached to an aromatic ring is 1. The summed E-state index contributed by atoms with van der Waals surface area (Å²) in [6.45, 7) is 0.446. The molecule has 154 valence electrons. The molecule has 29 heavy (non-hydrogen) atoms. The summed E-state index contributed by atoms with van der Waals surface area (Å²) in [6, 6.07) is 7.56. The third-order valence-electron chi connectivity index (χ3n) is 4.14. The van der Waals surface area contributed by atoms with E-state index in [4.69, 9.17) is 5.84 Å². The normalized spacial score (nSPS) is 11.2. The Hall–Kier alpha value is -3.53. The summed E-state index contributed by atoms with van der Waals surface area (Å²) in [5.41, 5.74) is 3.05. The second kappa shape index (κ2) is 11.3. The van der Waals surface area contributed by atoms with E-state index in [1.807, 2.05) is 0 Å². The van der Waals surface area contributed by atoms with Crippen molar-refractivity contribution in [3.63, 3.8) is 0 Å². The minimum atomic E-state index is -0.689. The van der Waals surface area contributed by atoms with Gasteiger partial charge in [0.1, 0.15) is 17.6 Å². The van der Waals surface area contributed by atoms with Crippen LogP contribution < -0.4 is 27.2 Å². The second-order valence-electron chi connectivity index (χ2n) is 6.18. The molecular weight excluding hydrogens is 374 g/mol. The van der Waals surface area contributed by atoms with Crippen molar-refractivity contribution in [1.29, 1.82) is 0 Å². The Morgan fingerprint density at radius 2 is 1.90 bits per heavy atom. The lowest BCUT2D eigenvalue weighted by molar-refractivity contribution is -0.122. The lowest BCUT2D eigenvalue weighted by Crippen LogP contribution is -2.45. The van der Waals surface area contributed by atoms with Crippen LogP contribution >= 0.6 is 0 Å². The third kappa shape index (κ3) is 6.85. The highest BCUT2D eigenvalue weighted by Crippen LogP contribution is 2.06. The molecule has 1 unspecified atom stereocenters. The number of likely N-dealkylation sites (N-methyl/N-ethyl adjacent to an activating group) is 1. The molecule has 0 saturated carbocycles. The molecule has 2 rings (SSSR count). The number of aromatic nitrogens is 2. The van der Waals surface area contributed by atoms with Gasteiger partial charge in [0.15, 0.2) is 0 Å². The van der Waals surface area contributed by atoms with Crippen LogP contribution in [0.2, 0.25) is 0 Å². The Bertz CT molecular complexity index is 812. The number of anilines is 1. The van der Waals surface area contributed by atoms with E-state index in [1.54, 1.807) is 36.5 Å². The Labute approximate surface area is 168 Å².